The molecule has 0 spiro atoms. The van der Waals surface area contributed by atoms with Gasteiger partial charge in [0.05, 0.1) is 18.1 Å². The van der Waals surface area contributed by atoms with Crippen LogP contribution in [0.2, 0.25) is 0 Å². The van der Waals surface area contributed by atoms with Gasteiger partial charge in [0, 0.05) is 16.5 Å². The topological polar surface area (TPSA) is 30.2 Å². The van der Waals surface area contributed by atoms with Gasteiger partial charge in [0.1, 0.15) is 0 Å². The molecule has 2 nitrogen and oxygen atoms in total. The highest BCUT2D eigenvalue weighted by Crippen LogP contribution is 2.35. The van der Waals surface area contributed by atoms with E-state index in [1.807, 2.05) is 0 Å². The van der Waals surface area contributed by atoms with Gasteiger partial charge in [-0.05, 0) is 23.8 Å². The van der Waals surface area contributed by atoms with Crippen molar-refractivity contribution in [2.24, 2.45) is 0 Å². The zero-order chi connectivity index (χ0) is 14.0. The highest BCUT2D eigenvalue weighted by Gasteiger charge is 2.33. The Balaban J connectivity index is 2.28. The molecular formula is C13H8BrF3O2. The summed E-state index contributed by atoms with van der Waals surface area (Å²) in [7, 11) is 0. The molecule has 0 saturated carbocycles. The predicted molar refractivity (Wildman–Crippen MR) is 65.9 cm³/mol. The van der Waals surface area contributed by atoms with Crippen molar-refractivity contribution in [3.63, 3.8) is 0 Å². The maximum absolute atomic E-state index is 12.7. The van der Waals surface area contributed by atoms with Crippen molar-refractivity contribution >= 4 is 21.7 Å². The van der Waals surface area contributed by atoms with Crippen molar-refractivity contribution < 1.29 is 22.4 Å². The van der Waals surface area contributed by atoms with E-state index in [4.69, 9.17) is 4.42 Å². The van der Waals surface area contributed by atoms with Crippen LogP contribution in [-0.2, 0) is 12.6 Å². The molecule has 0 radical (unpaired) electrons. The van der Waals surface area contributed by atoms with Crippen LogP contribution < -0.4 is 0 Å². The molecule has 0 fully saturated rings. The van der Waals surface area contributed by atoms with Gasteiger partial charge in [-0.3, -0.25) is 4.79 Å². The Morgan fingerprint density at radius 3 is 2.58 bits per heavy atom. The van der Waals surface area contributed by atoms with E-state index in [-0.39, 0.29) is 22.2 Å². The van der Waals surface area contributed by atoms with Crippen LogP contribution >= 0.6 is 15.9 Å². The first-order valence-electron chi connectivity index (χ1n) is 5.29. The van der Waals surface area contributed by atoms with Gasteiger partial charge in [-0.25, -0.2) is 0 Å². The summed E-state index contributed by atoms with van der Waals surface area (Å²) in [6, 6.07) is 5.04. The van der Waals surface area contributed by atoms with Crippen LogP contribution in [-0.4, -0.2) is 5.78 Å². The van der Waals surface area contributed by atoms with Crippen molar-refractivity contribution in [2.45, 2.75) is 12.6 Å². The Bertz CT molecular complexity index is 588. The second-order valence-electron chi connectivity index (χ2n) is 3.92. The molecule has 2 aromatic rings. The largest absolute Gasteiger partial charge is 0.472 e. The molecule has 100 valence electrons. The quantitative estimate of drug-likeness (QED) is 0.775. The fourth-order valence-corrected chi connectivity index (χ4v) is 2.07. The van der Waals surface area contributed by atoms with Gasteiger partial charge in [0.2, 0.25) is 0 Å². The van der Waals surface area contributed by atoms with Crippen LogP contribution in [0.4, 0.5) is 13.2 Å². The Morgan fingerprint density at radius 1 is 1.26 bits per heavy atom. The molecular weight excluding hydrogens is 325 g/mol. The number of carbonyl (C=O) groups is 1. The van der Waals surface area contributed by atoms with Gasteiger partial charge in [-0.1, -0.05) is 22.0 Å². The molecule has 0 aliphatic rings. The molecule has 0 atom stereocenters. The minimum absolute atomic E-state index is 0.00935. The van der Waals surface area contributed by atoms with E-state index >= 15 is 0 Å². The lowest BCUT2D eigenvalue weighted by atomic mass is 10.0. The summed E-state index contributed by atoms with van der Waals surface area (Å²) in [5, 5.41) is 0. The summed E-state index contributed by atoms with van der Waals surface area (Å²) >= 11 is 2.83. The van der Waals surface area contributed by atoms with E-state index in [1.165, 1.54) is 24.7 Å². The van der Waals surface area contributed by atoms with E-state index in [1.54, 1.807) is 6.07 Å². The lowest BCUT2D eigenvalue weighted by molar-refractivity contribution is -0.138. The smallest absolute Gasteiger partial charge is 0.417 e. The molecule has 0 N–H and O–H groups in total. The highest BCUT2D eigenvalue weighted by atomic mass is 79.9. The molecule has 2 rings (SSSR count). The SMILES string of the molecule is O=C(Cc1ccoc1)c1ccc(Br)c(C(F)(F)F)c1. The Labute approximate surface area is 115 Å². The van der Waals surface area contributed by atoms with Crippen molar-refractivity contribution in [3.8, 4) is 0 Å². The van der Waals surface area contributed by atoms with E-state index in [0.29, 0.717) is 5.56 Å². The number of rotatable bonds is 3. The number of ketones is 1. The standard InChI is InChI=1S/C13H8BrF3O2/c14-11-2-1-9(6-10(11)13(15,16)17)12(18)5-8-3-4-19-7-8/h1-4,6-7H,5H2. The molecule has 0 aliphatic carbocycles. The Kier molecular flexibility index (Phi) is 3.80. The molecule has 1 aromatic heterocycles. The van der Waals surface area contributed by atoms with E-state index in [0.717, 1.165) is 6.07 Å². The number of Topliss-reactive ketones (excluding diaryl/α,β-unsaturated/α-hetero) is 1. The minimum atomic E-state index is -4.50. The van der Waals surface area contributed by atoms with E-state index < -0.39 is 11.7 Å². The maximum Gasteiger partial charge on any atom is 0.417 e. The van der Waals surface area contributed by atoms with Gasteiger partial charge in [0.15, 0.2) is 5.78 Å². The van der Waals surface area contributed by atoms with Gasteiger partial charge >= 0.3 is 6.18 Å². The minimum Gasteiger partial charge on any atom is -0.472 e. The lowest BCUT2D eigenvalue weighted by Crippen LogP contribution is -2.09. The lowest BCUT2D eigenvalue weighted by Gasteiger charge is -2.10. The third-order valence-electron chi connectivity index (χ3n) is 2.54. The number of halogens is 4. The molecule has 0 saturated heterocycles. The van der Waals surface area contributed by atoms with Crippen LogP contribution in [0.1, 0.15) is 21.5 Å². The second kappa shape index (κ2) is 5.21. The first-order chi connectivity index (χ1) is 8.88. The number of furan rings is 1. The van der Waals surface area contributed by atoms with Crippen LogP contribution in [0.3, 0.4) is 0 Å². The first-order valence-corrected chi connectivity index (χ1v) is 6.08. The van der Waals surface area contributed by atoms with E-state index in [9.17, 15) is 18.0 Å². The molecule has 0 bridgehead atoms. The van der Waals surface area contributed by atoms with Crippen LogP contribution in [0, 0.1) is 0 Å². The van der Waals surface area contributed by atoms with Crippen LogP contribution in [0.5, 0.6) is 0 Å². The fraction of sp³-hybridized carbons (Fsp3) is 0.154. The number of hydrogen-bond donors (Lipinski definition) is 0. The molecule has 1 aromatic carbocycles. The summed E-state index contributed by atoms with van der Waals surface area (Å²) in [5.74, 6) is -0.389. The van der Waals surface area contributed by atoms with Crippen molar-refractivity contribution in [1.82, 2.24) is 0 Å². The number of hydrogen-bond acceptors (Lipinski definition) is 2. The molecule has 6 heteroatoms. The molecule has 0 amide bonds. The second-order valence-corrected chi connectivity index (χ2v) is 4.78. The third-order valence-corrected chi connectivity index (χ3v) is 3.23. The van der Waals surface area contributed by atoms with Crippen molar-refractivity contribution in [1.29, 1.82) is 0 Å². The van der Waals surface area contributed by atoms with Gasteiger partial charge in [0.25, 0.3) is 0 Å². The summed E-state index contributed by atoms with van der Waals surface area (Å²) in [4.78, 5) is 11.9. The molecule has 0 aliphatic heterocycles. The summed E-state index contributed by atoms with van der Waals surface area (Å²) < 4.78 is 42.9. The zero-order valence-electron chi connectivity index (χ0n) is 9.50. The van der Waals surface area contributed by atoms with Gasteiger partial charge in [-0.2, -0.15) is 13.2 Å². The van der Waals surface area contributed by atoms with Crippen LogP contribution in [0.15, 0.2) is 45.7 Å². The van der Waals surface area contributed by atoms with Gasteiger partial charge in [-0.15, -0.1) is 0 Å². The molecule has 1 heterocycles. The summed E-state index contributed by atoms with van der Waals surface area (Å²) in [6.07, 6.45) is -1.69. The van der Waals surface area contributed by atoms with Crippen molar-refractivity contribution in [2.75, 3.05) is 0 Å². The number of benzene rings is 1. The average molecular weight is 333 g/mol. The fourth-order valence-electron chi connectivity index (χ4n) is 1.60. The average Bonchev–Trinajstić information content (AvgIpc) is 2.80. The first kappa shape index (κ1) is 13.9. The van der Waals surface area contributed by atoms with Gasteiger partial charge < -0.3 is 4.42 Å². The number of alkyl halides is 3. The molecule has 19 heavy (non-hydrogen) atoms. The third kappa shape index (κ3) is 3.26. The summed E-state index contributed by atoms with van der Waals surface area (Å²) in [6.45, 7) is 0. The zero-order valence-corrected chi connectivity index (χ0v) is 11.1. The Morgan fingerprint density at radius 2 is 2.00 bits per heavy atom. The highest BCUT2D eigenvalue weighted by molar-refractivity contribution is 9.10. The summed E-state index contributed by atoms with van der Waals surface area (Å²) in [5.41, 5.74) is -0.205. The molecule has 0 unspecified atom stereocenters. The normalized spacial score (nSPS) is 11.6. The number of carbonyl (C=O) groups excluding carboxylic acids is 1. The monoisotopic (exact) mass is 332 g/mol. The van der Waals surface area contributed by atoms with Crippen molar-refractivity contribution in [3.05, 3.63) is 58.0 Å². The maximum atomic E-state index is 12.7. The predicted octanol–water partition coefficient (Wildman–Crippen LogP) is 4.49. The van der Waals surface area contributed by atoms with E-state index in [2.05, 4.69) is 15.9 Å². The Hall–Kier alpha value is -1.56. The van der Waals surface area contributed by atoms with Crippen LogP contribution in [0.25, 0.3) is 0 Å².